The largest absolute Gasteiger partial charge is 0.508 e. The van der Waals surface area contributed by atoms with Gasteiger partial charge in [0, 0.05) is 37.5 Å². The molecular formula is C35H47N5O6S2. The summed E-state index contributed by atoms with van der Waals surface area (Å²) >= 11 is 1.64. The Bertz CT molecular complexity index is 1640. The minimum Gasteiger partial charge on any atom is -0.508 e. The summed E-state index contributed by atoms with van der Waals surface area (Å²) in [5.74, 6) is -0.184. The number of rotatable bonds is 16. The van der Waals surface area contributed by atoms with E-state index >= 15 is 0 Å². The number of benzene rings is 2. The van der Waals surface area contributed by atoms with Crippen LogP contribution in [0.2, 0.25) is 0 Å². The maximum absolute atomic E-state index is 14.1. The third-order valence-corrected chi connectivity index (χ3v) is 11.6. The predicted molar refractivity (Wildman–Crippen MR) is 185 cm³/mol. The summed E-state index contributed by atoms with van der Waals surface area (Å²) in [5.41, 5.74) is 1.72. The number of sulfonamides is 1. The number of phenolic OH excluding ortho intramolecular Hbond substituents is 1. The number of hydrogen-bond acceptors (Lipinski definition) is 8. The minimum absolute atomic E-state index is 0.00446. The third kappa shape index (κ3) is 8.73. The molecule has 260 valence electrons. The molecule has 3 aromatic rings. The number of thiazole rings is 1. The van der Waals surface area contributed by atoms with Crippen LogP contribution in [0.25, 0.3) is 0 Å². The van der Waals surface area contributed by atoms with Crippen molar-refractivity contribution in [3.8, 4) is 5.75 Å². The molecule has 0 bridgehead atoms. The zero-order chi connectivity index (χ0) is 34.6. The van der Waals surface area contributed by atoms with Crippen LogP contribution in [-0.4, -0.2) is 94.0 Å². The van der Waals surface area contributed by atoms with Gasteiger partial charge < -0.3 is 25.3 Å². The highest BCUT2D eigenvalue weighted by molar-refractivity contribution is 7.89. The van der Waals surface area contributed by atoms with Crippen LogP contribution in [0.15, 0.2) is 64.9 Å². The fraction of sp³-hybridized carbons (Fsp3) is 0.514. The molecule has 1 aromatic heterocycles. The normalized spacial score (nSPS) is 17.4. The molecule has 0 spiro atoms. The van der Waals surface area contributed by atoms with Crippen molar-refractivity contribution in [1.29, 1.82) is 0 Å². The number of hydrogen-bond donors (Lipinski definition) is 3. The predicted octanol–water partition coefficient (Wildman–Crippen LogP) is 4.42. The highest BCUT2D eigenvalue weighted by Gasteiger charge is 2.41. The Labute approximate surface area is 287 Å². The Hall–Kier alpha value is -3.52. The highest BCUT2D eigenvalue weighted by atomic mass is 32.2. The number of nitrogens with one attached hydrogen (secondary N) is 1. The number of aromatic nitrogens is 1. The van der Waals surface area contributed by atoms with Crippen molar-refractivity contribution in [2.45, 2.75) is 82.5 Å². The van der Waals surface area contributed by atoms with Crippen LogP contribution in [0.3, 0.4) is 0 Å². The van der Waals surface area contributed by atoms with Gasteiger partial charge >= 0.3 is 6.03 Å². The van der Waals surface area contributed by atoms with Gasteiger partial charge in [0.1, 0.15) is 11.8 Å². The van der Waals surface area contributed by atoms with Crippen molar-refractivity contribution in [3.63, 3.8) is 0 Å². The molecule has 2 aromatic carbocycles. The lowest BCUT2D eigenvalue weighted by molar-refractivity contribution is -0.128. The first kappa shape index (κ1) is 35.8. The maximum atomic E-state index is 14.1. The SMILES string of the molecule is CC(C)CN(C[C@H](O)[C@H](Cc1ccccc1)NC(=O)[C@H](C(C)C)N1CCN(Cc2csc(C3CC3)n2)C1=O)S(=O)(=O)c1ccc(O)cc1. The van der Waals surface area contributed by atoms with Crippen LogP contribution in [-0.2, 0) is 27.8 Å². The quantitative estimate of drug-likeness (QED) is 0.201. The number of aliphatic hydroxyl groups is 1. The molecular weight excluding hydrogens is 651 g/mol. The second-order valence-corrected chi connectivity index (χ2v) is 16.4. The van der Waals surface area contributed by atoms with Crippen LogP contribution >= 0.6 is 11.3 Å². The Morgan fingerprint density at radius 3 is 2.35 bits per heavy atom. The van der Waals surface area contributed by atoms with Gasteiger partial charge in [-0.1, -0.05) is 58.0 Å². The highest BCUT2D eigenvalue weighted by Crippen LogP contribution is 2.41. The van der Waals surface area contributed by atoms with E-state index in [9.17, 15) is 28.2 Å². The van der Waals surface area contributed by atoms with Crippen molar-refractivity contribution in [2.24, 2.45) is 11.8 Å². The first-order valence-corrected chi connectivity index (χ1v) is 19.0. The van der Waals surface area contributed by atoms with E-state index in [0.29, 0.717) is 25.6 Å². The van der Waals surface area contributed by atoms with Gasteiger partial charge in [-0.05, 0) is 60.9 Å². The molecule has 2 aliphatic rings. The number of urea groups is 1. The summed E-state index contributed by atoms with van der Waals surface area (Å²) in [4.78, 5) is 35.8. The van der Waals surface area contributed by atoms with Crippen LogP contribution in [0.1, 0.15) is 62.7 Å². The lowest BCUT2D eigenvalue weighted by atomic mass is 9.97. The summed E-state index contributed by atoms with van der Waals surface area (Å²) in [6.45, 7) is 8.67. The van der Waals surface area contributed by atoms with E-state index in [1.54, 1.807) is 21.1 Å². The zero-order valence-corrected chi connectivity index (χ0v) is 29.7. The van der Waals surface area contributed by atoms with E-state index in [2.05, 4.69) is 5.32 Å². The fourth-order valence-electron chi connectivity index (χ4n) is 6.12. The summed E-state index contributed by atoms with van der Waals surface area (Å²) in [6, 6.07) is 12.8. The van der Waals surface area contributed by atoms with E-state index in [-0.39, 0.29) is 48.0 Å². The molecule has 1 aliphatic heterocycles. The molecule has 0 unspecified atom stereocenters. The van der Waals surface area contributed by atoms with Gasteiger partial charge in [-0.2, -0.15) is 4.31 Å². The van der Waals surface area contributed by atoms with Crippen LogP contribution in [0, 0.1) is 11.8 Å². The molecule has 0 radical (unpaired) electrons. The molecule has 1 saturated heterocycles. The molecule has 3 amide bonds. The molecule has 11 nitrogen and oxygen atoms in total. The summed E-state index contributed by atoms with van der Waals surface area (Å²) in [7, 11) is -4.04. The van der Waals surface area contributed by atoms with Gasteiger partial charge in [-0.25, -0.2) is 18.2 Å². The van der Waals surface area contributed by atoms with Crippen LogP contribution in [0.4, 0.5) is 4.79 Å². The van der Waals surface area contributed by atoms with Gasteiger partial charge in [-0.3, -0.25) is 4.79 Å². The monoisotopic (exact) mass is 697 g/mol. The van der Waals surface area contributed by atoms with E-state index < -0.39 is 34.1 Å². The number of carbonyl (C=O) groups is 2. The molecule has 1 saturated carbocycles. The summed E-state index contributed by atoms with van der Waals surface area (Å²) < 4.78 is 28.7. The molecule has 13 heteroatoms. The number of amides is 3. The van der Waals surface area contributed by atoms with Gasteiger partial charge in [0.05, 0.1) is 34.3 Å². The van der Waals surface area contributed by atoms with Crippen molar-refractivity contribution < 1.29 is 28.2 Å². The Balaban J connectivity index is 1.34. The number of aliphatic hydroxyl groups excluding tert-OH is 1. The fourth-order valence-corrected chi connectivity index (χ4v) is 8.72. The van der Waals surface area contributed by atoms with Crippen LogP contribution in [0.5, 0.6) is 5.75 Å². The van der Waals surface area contributed by atoms with Gasteiger partial charge in [0.25, 0.3) is 0 Å². The standard InChI is InChI=1S/C35H47N5O6S2/c1-23(2)19-39(48(45,46)29-14-12-28(41)13-15-29)21-31(42)30(18-25-8-6-5-7-9-25)37-33(43)32(24(3)4)40-17-16-38(35(40)44)20-27-22-47-34(36-27)26-10-11-26/h5-9,12-15,22-24,26,30-32,41-42H,10-11,16-21H2,1-4H3,(H,37,43)/t30-,31-,32-/m0/s1. The number of nitrogens with zero attached hydrogens (tertiary/aromatic N) is 4. The lowest BCUT2D eigenvalue weighted by Gasteiger charge is -2.34. The average Bonchev–Trinajstić information content (AvgIpc) is 3.69. The topological polar surface area (TPSA) is 143 Å². The molecule has 2 heterocycles. The number of phenols is 1. The minimum atomic E-state index is -4.04. The Kier molecular flexibility index (Phi) is 11.4. The van der Waals surface area contributed by atoms with Crippen molar-refractivity contribution in [1.82, 2.24) is 24.4 Å². The van der Waals surface area contributed by atoms with Gasteiger partial charge in [-0.15, -0.1) is 11.3 Å². The first-order chi connectivity index (χ1) is 22.8. The van der Waals surface area contributed by atoms with Crippen molar-refractivity contribution in [2.75, 3.05) is 26.2 Å². The second-order valence-electron chi connectivity index (χ2n) is 13.6. The van der Waals surface area contributed by atoms with Crippen LogP contribution < -0.4 is 5.32 Å². The van der Waals surface area contributed by atoms with E-state index in [1.165, 1.54) is 41.4 Å². The lowest BCUT2D eigenvalue weighted by Crippen LogP contribution is -2.57. The summed E-state index contributed by atoms with van der Waals surface area (Å²) in [5, 5.41) is 27.6. The second kappa shape index (κ2) is 15.4. The first-order valence-electron chi connectivity index (χ1n) is 16.6. The van der Waals surface area contributed by atoms with Gasteiger partial charge in [0.2, 0.25) is 15.9 Å². The zero-order valence-electron chi connectivity index (χ0n) is 28.0. The molecule has 5 rings (SSSR count). The van der Waals surface area contributed by atoms with Crippen molar-refractivity contribution >= 4 is 33.3 Å². The number of carbonyl (C=O) groups excluding carboxylic acids is 2. The molecule has 48 heavy (non-hydrogen) atoms. The number of aromatic hydroxyl groups is 1. The molecule has 2 fully saturated rings. The van der Waals surface area contributed by atoms with Gasteiger partial charge in [0.15, 0.2) is 0 Å². The van der Waals surface area contributed by atoms with Crippen molar-refractivity contribution in [3.05, 3.63) is 76.2 Å². The summed E-state index contributed by atoms with van der Waals surface area (Å²) in [6.07, 6.45) is 1.31. The third-order valence-electron chi connectivity index (χ3n) is 8.74. The average molecular weight is 698 g/mol. The van der Waals surface area contributed by atoms with E-state index in [4.69, 9.17) is 4.98 Å². The molecule has 1 aliphatic carbocycles. The van der Waals surface area contributed by atoms with E-state index in [0.717, 1.165) is 16.3 Å². The Morgan fingerprint density at radius 1 is 1.04 bits per heavy atom. The maximum Gasteiger partial charge on any atom is 0.321 e. The Morgan fingerprint density at radius 2 is 1.73 bits per heavy atom. The molecule has 3 atom stereocenters. The van der Waals surface area contributed by atoms with E-state index in [1.807, 2.05) is 63.4 Å². The smallest absolute Gasteiger partial charge is 0.321 e. The molecule has 3 N–H and O–H groups in total.